The molecule has 0 spiro atoms. The number of pyridine rings is 2. The molecule has 2 aliphatic rings. The fourth-order valence-corrected chi connectivity index (χ4v) is 7.09. The third-order valence-corrected chi connectivity index (χ3v) is 9.07. The second-order valence-electron chi connectivity index (χ2n) is 11.5. The Kier molecular flexibility index (Phi) is 5.50. The lowest BCUT2D eigenvalue weighted by Crippen LogP contribution is -2.50. The number of piperazine rings is 1. The second kappa shape index (κ2) is 9.28. The highest BCUT2D eigenvalue weighted by atomic mass is 16.2. The maximum absolute atomic E-state index is 14.2. The molecule has 0 bridgehead atoms. The van der Waals surface area contributed by atoms with Crippen molar-refractivity contribution in [2.45, 2.75) is 25.8 Å². The van der Waals surface area contributed by atoms with Gasteiger partial charge in [-0.2, -0.15) is 0 Å². The number of anilines is 1. The molecule has 0 radical (unpaired) electrons. The van der Waals surface area contributed by atoms with E-state index < -0.39 is 0 Å². The summed E-state index contributed by atoms with van der Waals surface area (Å²) in [7, 11) is 2.00. The molecule has 0 saturated carbocycles. The number of nitrogens with zero attached hydrogens (tertiary/aromatic N) is 6. The first-order valence-corrected chi connectivity index (χ1v) is 14.5. The van der Waals surface area contributed by atoms with Gasteiger partial charge >= 0.3 is 0 Å². The second-order valence-corrected chi connectivity index (χ2v) is 11.5. The number of carbonyl (C=O) groups is 1. The van der Waals surface area contributed by atoms with Crippen LogP contribution in [0.25, 0.3) is 44.0 Å². The molecule has 2 aromatic carbocycles. The molecule has 0 aliphatic carbocycles. The molecule has 204 valence electrons. The summed E-state index contributed by atoms with van der Waals surface area (Å²) < 4.78 is 3.85. The van der Waals surface area contributed by atoms with Crippen molar-refractivity contribution < 1.29 is 4.79 Å². The van der Waals surface area contributed by atoms with Crippen molar-refractivity contribution in [3.63, 3.8) is 0 Å². The van der Waals surface area contributed by atoms with Crippen molar-refractivity contribution in [1.29, 1.82) is 0 Å². The van der Waals surface area contributed by atoms with Crippen LogP contribution in [0, 0.1) is 6.92 Å². The van der Waals surface area contributed by atoms with Crippen molar-refractivity contribution in [2.24, 2.45) is 7.05 Å². The zero-order valence-corrected chi connectivity index (χ0v) is 23.4. The molecule has 1 atom stereocenters. The molecular weight excluding hydrogens is 508 g/mol. The average Bonchev–Trinajstić information content (AvgIpc) is 3.72. The highest BCUT2D eigenvalue weighted by Crippen LogP contribution is 2.35. The number of hydrogen-bond acceptors (Lipinski definition) is 5. The molecule has 0 amide bonds. The Morgan fingerprint density at radius 3 is 2.78 bits per heavy atom. The summed E-state index contributed by atoms with van der Waals surface area (Å²) in [6, 6.07) is 21.3. The van der Waals surface area contributed by atoms with Crippen LogP contribution in [0.2, 0.25) is 0 Å². The van der Waals surface area contributed by atoms with Crippen LogP contribution in [-0.2, 0) is 7.05 Å². The normalized spacial score (nSPS) is 17.6. The highest BCUT2D eigenvalue weighted by Gasteiger charge is 2.31. The molecule has 1 unspecified atom stereocenters. The smallest absolute Gasteiger partial charge is 0.264 e. The summed E-state index contributed by atoms with van der Waals surface area (Å²) in [4.78, 5) is 28.8. The molecule has 0 N–H and O–H groups in total. The van der Waals surface area contributed by atoms with Crippen molar-refractivity contribution in [1.82, 2.24) is 24.0 Å². The van der Waals surface area contributed by atoms with Gasteiger partial charge in [-0.05, 0) is 62.7 Å². The van der Waals surface area contributed by atoms with Gasteiger partial charge in [-0.3, -0.25) is 24.2 Å². The first-order valence-electron chi connectivity index (χ1n) is 14.5. The fraction of sp³-hybridized carbons (Fsp3) is 0.265. The zero-order chi connectivity index (χ0) is 27.7. The minimum Gasteiger partial charge on any atom is -0.368 e. The van der Waals surface area contributed by atoms with Crippen LogP contribution in [0.5, 0.6) is 0 Å². The van der Waals surface area contributed by atoms with Crippen LogP contribution in [-0.4, -0.2) is 62.1 Å². The molecule has 4 aromatic heterocycles. The Morgan fingerprint density at radius 1 is 0.976 bits per heavy atom. The number of benzene rings is 2. The standard InChI is InChI=1S/C34H32N6O/c1-22-6-3-10-29(36-22)26-9-4-8-25-28(21-37(2)33(25)26)34(41)40-15-12-23-18-30-27(19-32(23)40)31(11-13-35-30)39-17-16-38-14-5-7-24(38)20-39/h3-4,6,8-13,15,18-19,21,24H,5,7,14,16-17,20H2,1-2H3. The van der Waals surface area contributed by atoms with Crippen LogP contribution >= 0.6 is 0 Å². The summed E-state index contributed by atoms with van der Waals surface area (Å²) in [6.45, 7) is 6.39. The summed E-state index contributed by atoms with van der Waals surface area (Å²) in [6.07, 6.45) is 8.33. The van der Waals surface area contributed by atoms with Gasteiger partial charge in [-0.25, -0.2) is 0 Å². The van der Waals surface area contributed by atoms with Gasteiger partial charge < -0.3 is 9.47 Å². The predicted octanol–water partition coefficient (Wildman–Crippen LogP) is 6.02. The molecule has 6 heterocycles. The highest BCUT2D eigenvalue weighted by molar-refractivity contribution is 6.14. The summed E-state index contributed by atoms with van der Waals surface area (Å²) >= 11 is 0. The number of aromatic nitrogens is 4. The van der Waals surface area contributed by atoms with Crippen molar-refractivity contribution >= 4 is 44.3 Å². The number of hydrogen-bond donors (Lipinski definition) is 0. The lowest BCUT2D eigenvalue weighted by Gasteiger charge is -2.39. The largest absolute Gasteiger partial charge is 0.368 e. The van der Waals surface area contributed by atoms with E-state index in [0.29, 0.717) is 11.6 Å². The Morgan fingerprint density at radius 2 is 1.88 bits per heavy atom. The van der Waals surface area contributed by atoms with Gasteiger partial charge in [0.1, 0.15) is 0 Å². The Hall–Kier alpha value is -4.49. The first-order chi connectivity index (χ1) is 20.0. The van der Waals surface area contributed by atoms with E-state index in [9.17, 15) is 4.79 Å². The van der Waals surface area contributed by atoms with E-state index in [1.165, 1.54) is 25.1 Å². The summed E-state index contributed by atoms with van der Waals surface area (Å²) in [5, 5.41) is 3.05. The first kappa shape index (κ1) is 24.3. The number of para-hydroxylation sites is 1. The maximum Gasteiger partial charge on any atom is 0.264 e. The lowest BCUT2D eigenvalue weighted by molar-refractivity contribution is 0.0966. The van der Waals surface area contributed by atoms with Gasteiger partial charge in [0, 0.05) is 84.4 Å². The predicted molar refractivity (Wildman–Crippen MR) is 165 cm³/mol. The van der Waals surface area contributed by atoms with Gasteiger partial charge in [-0.15, -0.1) is 0 Å². The zero-order valence-electron chi connectivity index (χ0n) is 23.4. The molecule has 8 rings (SSSR count). The van der Waals surface area contributed by atoms with Crippen molar-refractivity contribution in [2.75, 3.05) is 31.1 Å². The topological polar surface area (TPSA) is 59.2 Å². The van der Waals surface area contributed by atoms with Crippen LogP contribution in [0.3, 0.4) is 0 Å². The van der Waals surface area contributed by atoms with E-state index in [1.54, 1.807) is 4.57 Å². The van der Waals surface area contributed by atoms with E-state index in [0.717, 1.165) is 69.3 Å². The Labute approximate surface area is 238 Å². The molecule has 7 nitrogen and oxygen atoms in total. The molecule has 2 aliphatic heterocycles. The van der Waals surface area contributed by atoms with Gasteiger partial charge in [0.2, 0.25) is 0 Å². The molecule has 41 heavy (non-hydrogen) atoms. The molecule has 2 fully saturated rings. The van der Waals surface area contributed by atoms with E-state index in [2.05, 4.69) is 34.1 Å². The van der Waals surface area contributed by atoms with E-state index in [1.807, 2.05) is 73.5 Å². The van der Waals surface area contributed by atoms with E-state index in [4.69, 9.17) is 9.97 Å². The number of carbonyl (C=O) groups excluding carboxylic acids is 1. The number of aryl methyl sites for hydroxylation is 2. The van der Waals surface area contributed by atoms with E-state index in [-0.39, 0.29) is 5.91 Å². The maximum atomic E-state index is 14.2. The van der Waals surface area contributed by atoms with Crippen LogP contribution in [0.1, 0.15) is 28.9 Å². The molecular formula is C34H32N6O. The number of rotatable bonds is 3. The van der Waals surface area contributed by atoms with Crippen LogP contribution in [0.4, 0.5) is 5.69 Å². The fourth-order valence-electron chi connectivity index (χ4n) is 7.09. The monoisotopic (exact) mass is 540 g/mol. The minimum atomic E-state index is -0.0377. The van der Waals surface area contributed by atoms with Crippen LogP contribution < -0.4 is 4.90 Å². The van der Waals surface area contributed by atoms with Crippen molar-refractivity contribution in [3.05, 3.63) is 90.5 Å². The third-order valence-electron chi connectivity index (χ3n) is 9.07. The quantitative estimate of drug-likeness (QED) is 0.275. The minimum absolute atomic E-state index is 0.0377. The van der Waals surface area contributed by atoms with E-state index >= 15 is 0 Å². The molecule has 6 aromatic rings. The Bertz CT molecular complexity index is 1980. The van der Waals surface area contributed by atoms with Crippen molar-refractivity contribution in [3.8, 4) is 11.3 Å². The lowest BCUT2D eigenvalue weighted by atomic mass is 10.0. The third kappa shape index (κ3) is 3.87. The van der Waals surface area contributed by atoms with Gasteiger partial charge in [0.15, 0.2) is 0 Å². The van der Waals surface area contributed by atoms with Crippen LogP contribution in [0.15, 0.2) is 79.3 Å². The van der Waals surface area contributed by atoms with Gasteiger partial charge in [0.05, 0.1) is 27.8 Å². The summed E-state index contributed by atoms with van der Waals surface area (Å²) in [5.41, 5.74) is 7.67. The average molecular weight is 541 g/mol. The van der Waals surface area contributed by atoms with Gasteiger partial charge in [0.25, 0.3) is 5.91 Å². The van der Waals surface area contributed by atoms with Gasteiger partial charge in [-0.1, -0.05) is 24.3 Å². The summed E-state index contributed by atoms with van der Waals surface area (Å²) in [5.74, 6) is -0.0377. The number of fused-ring (bicyclic) bond motifs is 4. The SMILES string of the molecule is Cc1cccc(-c2cccc3c(C(=O)n4ccc5cc6nccc(N7CCN8CCCC8C7)c6cc54)cn(C)c23)n1. The Balaban J connectivity index is 1.23. The molecule has 2 saturated heterocycles. The molecule has 7 heteroatoms.